The van der Waals surface area contributed by atoms with Crippen molar-refractivity contribution in [3.63, 3.8) is 0 Å². The predicted molar refractivity (Wildman–Crippen MR) is 159 cm³/mol. The molecule has 5 nitrogen and oxygen atoms in total. The van der Waals surface area contributed by atoms with Crippen molar-refractivity contribution in [1.82, 2.24) is 9.78 Å². The Kier molecular flexibility index (Phi) is 6.61. The van der Waals surface area contributed by atoms with Crippen molar-refractivity contribution in [1.29, 1.82) is 0 Å². The lowest BCUT2D eigenvalue weighted by atomic mass is 9.33. The van der Waals surface area contributed by atoms with Crippen LogP contribution in [0.2, 0.25) is 0 Å². The van der Waals surface area contributed by atoms with Crippen molar-refractivity contribution < 1.29 is 9.90 Å². The van der Waals surface area contributed by atoms with Crippen LogP contribution in [-0.4, -0.2) is 27.4 Å². The van der Waals surface area contributed by atoms with E-state index in [-0.39, 0.29) is 45.4 Å². The maximum atomic E-state index is 12.9. The smallest absolute Gasteiger partial charge is 0.310 e. The second-order valence-corrected chi connectivity index (χ2v) is 16.1. The second-order valence-electron chi connectivity index (χ2n) is 16.1. The number of halogens is 1. The summed E-state index contributed by atoms with van der Waals surface area (Å²) >= 11 is 0. The van der Waals surface area contributed by atoms with E-state index < -0.39 is 11.4 Å². The van der Waals surface area contributed by atoms with Gasteiger partial charge in [-0.15, -0.1) is 12.4 Å². The van der Waals surface area contributed by atoms with Gasteiger partial charge in [-0.3, -0.25) is 9.48 Å². The molecule has 0 radical (unpaired) electrons. The van der Waals surface area contributed by atoms with Crippen LogP contribution in [-0.2, 0) is 23.2 Å². The highest BCUT2D eigenvalue weighted by atomic mass is 35.5. The number of nitrogens with zero attached hydrogens (tertiary/aromatic N) is 2. The number of rotatable bonds is 3. The third-order valence-electron chi connectivity index (χ3n) is 13.6. The fourth-order valence-electron chi connectivity index (χ4n) is 11.4. The highest BCUT2D eigenvalue weighted by molar-refractivity contribution is 5.85. The monoisotopic (exact) mass is 557 g/mol. The van der Waals surface area contributed by atoms with Crippen molar-refractivity contribution >= 4 is 18.4 Å². The molecule has 0 spiro atoms. The van der Waals surface area contributed by atoms with Crippen LogP contribution in [0.5, 0.6) is 0 Å². The highest BCUT2D eigenvalue weighted by Gasteiger charge is 2.69. The average Bonchev–Trinajstić information content (AvgIpc) is 3.22. The van der Waals surface area contributed by atoms with Crippen LogP contribution in [0, 0.1) is 44.8 Å². The van der Waals surface area contributed by atoms with E-state index in [1.165, 1.54) is 29.7 Å². The first kappa shape index (κ1) is 29.2. The lowest BCUT2D eigenvalue weighted by Crippen LogP contribution is -2.64. The molecule has 0 aliphatic heterocycles. The van der Waals surface area contributed by atoms with E-state index in [1.54, 1.807) is 0 Å². The first-order chi connectivity index (χ1) is 17.6. The fourth-order valence-corrected chi connectivity index (χ4v) is 11.4. The van der Waals surface area contributed by atoms with Gasteiger partial charge in [0.1, 0.15) is 0 Å². The van der Waals surface area contributed by atoms with Gasteiger partial charge in [0.25, 0.3) is 0 Å². The van der Waals surface area contributed by atoms with Crippen molar-refractivity contribution in [2.75, 3.05) is 6.54 Å². The first-order valence-corrected chi connectivity index (χ1v) is 15.4. The third-order valence-corrected chi connectivity index (χ3v) is 13.6. The van der Waals surface area contributed by atoms with E-state index in [9.17, 15) is 9.90 Å². The molecule has 3 saturated carbocycles. The Morgan fingerprint density at radius 3 is 2.41 bits per heavy atom. The van der Waals surface area contributed by atoms with Crippen molar-refractivity contribution in [2.24, 2.45) is 50.6 Å². The maximum Gasteiger partial charge on any atom is 0.310 e. The van der Waals surface area contributed by atoms with E-state index in [4.69, 9.17) is 10.8 Å². The van der Waals surface area contributed by atoms with Crippen LogP contribution in [0.25, 0.3) is 0 Å². The average molecular weight is 558 g/mol. The number of fused-ring (bicyclic) bond motifs is 8. The summed E-state index contributed by atoms with van der Waals surface area (Å²) < 4.78 is 2.09. The Morgan fingerprint density at radius 2 is 1.74 bits per heavy atom. The van der Waals surface area contributed by atoms with Crippen LogP contribution in [0.3, 0.4) is 0 Å². The van der Waals surface area contributed by atoms with Crippen LogP contribution >= 0.6 is 12.4 Å². The van der Waals surface area contributed by atoms with E-state index in [0.717, 1.165) is 51.5 Å². The Hall–Kier alpha value is -1.33. The van der Waals surface area contributed by atoms with Gasteiger partial charge < -0.3 is 10.8 Å². The van der Waals surface area contributed by atoms with Crippen molar-refractivity contribution in [3.05, 3.63) is 29.1 Å². The number of carboxylic acids is 1. The summed E-state index contributed by atoms with van der Waals surface area (Å²) in [6.45, 7) is 18.7. The zero-order valence-corrected chi connectivity index (χ0v) is 26.2. The molecule has 39 heavy (non-hydrogen) atoms. The Balaban J connectivity index is 0.00000308. The number of aromatic nitrogens is 2. The number of carboxylic acid groups (broad SMARTS) is 1. The SMILES string of the molecule is CC1(C)CC[C@]2(C(=O)O)CC[C@]3(C)C(=CC[C@@H]4[C@@]5(C)Cc6cn(CCN)nc6C(C)(C)[C@@H]5CC[C@]43C)[C@@H]2C1.Cl. The Morgan fingerprint density at radius 1 is 1.05 bits per heavy atom. The molecule has 7 atom stereocenters. The summed E-state index contributed by atoms with van der Waals surface area (Å²) in [5.74, 6) is 0.812. The van der Waals surface area contributed by atoms with Crippen molar-refractivity contribution in [2.45, 2.75) is 118 Å². The summed E-state index contributed by atoms with van der Waals surface area (Å²) in [6, 6.07) is 0. The largest absolute Gasteiger partial charge is 0.481 e. The molecule has 3 fully saturated rings. The molecule has 218 valence electrons. The minimum absolute atomic E-state index is 0. The molecule has 0 bridgehead atoms. The molecule has 5 aliphatic carbocycles. The third kappa shape index (κ3) is 3.66. The Bertz CT molecular complexity index is 1200. The maximum absolute atomic E-state index is 12.9. The molecule has 5 aliphatic rings. The molecule has 0 amide bonds. The lowest BCUT2D eigenvalue weighted by molar-refractivity contribution is -0.177. The number of aliphatic carboxylic acids is 1. The van der Waals surface area contributed by atoms with Gasteiger partial charge in [-0.1, -0.05) is 60.1 Å². The normalized spacial score (nSPS) is 43.4. The molecule has 1 aromatic heterocycles. The molecule has 0 unspecified atom stereocenters. The van der Waals surface area contributed by atoms with E-state index in [2.05, 4.69) is 65.4 Å². The molecular weight excluding hydrogens is 506 g/mol. The highest BCUT2D eigenvalue weighted by Crippen LogP contribution is 2.75. The molecule has 6 heteroatoms. The molecule has 0 aromatic carbocycles. The van der Waals surface area contributed by atoms with E-state index in [1.807, 2.05) is 0 Å². The zero-order valence-electron chi connectivity index (χ0n) is 25.4. The molecule has 1 aromatic rings. The number of nitrogens with two attached hydrogens (primary N) is 1. The fraction of sp³-hybridized carbons (Fsp3) is 0.818. The minimum Gasteiger partial charge on any atom is -0.481 e. The quantitative estimate of drug-likeness (QED) is 0.386. The van der Waals surface area contributed by atoms with Gasteiger partial charge in [0, 0.05) is 18.2 Å². The minimum atomic E-state index is -0.565. The molecule has 3 N–H and O–H groups in total. The van der Waals surface area contributed by atoms with Gasteiger partial charge in [-0.25, -0.2) is 0 Å². The van der Waals surface area contributed by atoms with Crippen LogP contribution in [0.1, 0.15) is 111 Å². The van der Waals surface area contributed by atoms with Gasteiger partial charge in [0.05, 0.1) is 17.7 Å². The van der Waals surface area contributed by atoms with Crippen LogP contribution < -0.4 is 5.73 Å². The summed E-state index contributed by atoms with van der Waals surface area (Å²) in [7, 11) is 0. The molecular formula is C33H52ClN3O2. The summed E-state index contributed by atoms with van der Waals surface area (Å²) in [6.07, 6.45) is 14.2. The van der Waals surface area contributed by atoms with E-state index >= 15 is 0 Å². The van der Waals surface area contributed by atoms with Gasteiger partial charge in [-0.2, -0.15) is 5.10 Å². The number of carbonyl (C=O) groups is 1. The van der Waals surface area contributed by atoms with Crippen LogP contribution in [0.15, 0.2) is 17.8 Å². The topological polar surface area (TPSA) is 81.1 Å². The van der Waals surface area contributed by atoms with Crippen LogP contribution in [0.4, 0.5) is 0 Å². The number of allylic oxidation sites excluding steroid dienone is 2. The predicted octanol–water partition coefficient (Wildman–Crippen LogP) is 7.16. The second kappa shape index (κ2) is 8.84. The lowest BCUT2D eigenvalue weighted by Gasteiger charge is -2.70. The van der Waals surface area contributed by atoms with Gasteiger partial charge in [0.2, 0.25) is 0 Å². The Labute approximate surface area is 242 Å². The molecule has 0 saturated heterocycles. The number of hydrogen-bond donors (Lipinski definition) is 2. The standard InChI is InChI=1S/C33H51N3O2.ClH/c1-28(2)12-14-33(27(37)38)15-13-31(6)22(23(33)19-28)8-9-25-30(5)18-21-20-36(17-16-34)35-26(21)29(3,4)24(30)10-11-32(25,31)7;/h8,20,23-25H,9-19,34H2,1-7H3,(H,37,38);1H/t23-,24-,25+,30-,31+,32+,33-;/m0./s1. The van der Waals surface area contributed by atoms with Gasteiger partial charge >= 0.3 is 5.97 Å². The summed E-state index contributed by atoms with van der Waals surface area (Å²) in [5, 5.41) is 15.7. The zero-order chi connectivity index (χ0) is 27.5. The van der Waals surface area contributed by atoms with Gasteiger partial charge in [0.15, 0.2) is 0 Å². The van der Waals surface area contributed by atoms with Gasteiger partial charge in [-0.05, 0) is 103 Å². The molecule has 1 heterocycles. The van der Waals surface area contributed by atoms with Crippen molar-refractivity contribution in [3.8, 4) is 0 Å². The van der Waals surface area contributed by atoms with E-state index in [0.29, 0.717) is 18.4 Å². The summed E-state index contributed by atoms with van der Waals surface area (Å²) in [5.41, 5.74) is 10.2. The number of hydrogen-bond acceptors (Lipinski definition) is 3. The summed E-state index contributed by atoms with van der Waals surface area (Å²) in [4.78, 5) is 12.9. The molecule has 6 rings (SSSR count). The first-order valence-electron chi connectivity index (χ1n) is 15.4.